The maximum Gasteiger partial charge on any atom is 0.266 e. The minimum atomic E-state index is -2.98. The number of ether oxygens (including phenoxy) is 2. The molecular weight excluding hydrogens is 463 g/mol. The van der Waals surface area contributed by atoms with Crippen LogP contribution in [0.2, 0.25) is 0 Å². The fourth-order valence-electron chi connectivity index (χ4n) is 3.82. The molecule has 1 saturated carbocycles. The van der Waals surface area contributed by atoms with Gasteiger partial charge in [-0.2, -0.15) is 0 Å². The van der Waals surface area contributed by atoms with Gasteiger partial charge >= 0.3 is 0 Å². The Morgan fingerprint density at radius 1 is 1.15 bits per heavy atom. The Hall–Kier alpha value is -2.86. The topological polar surface area (TPSA) is 85.4 Å². The molecule has 1 aliphatic carbocycles. The third kappa shape index (κ3) is 4.97. The number of hydrogen-bond donors (Lipinski definition) is 2. The molecule has 0 bridgehead atoms. The van der Waals surface area contributed by atoms with Crippen LogP contribution in [0.15, 0.2) is 24.5 Å². The second kappa shape index (κ2) is 9.79. The van der Waals surface area contributed by atoms with Gasteiger partial charge in [-0.3, -0.25) is 4.79 Å². The van der Waals surface area contributed by atoms with Crippen LogP contribution in [-0.2, 0) is 20.7 Å². The molecule has 34 heavy (non-hydrogen) atoms. The Kier molecular flexibility index (Phi) is 6.99. The summed E-state index contributed by atoms with van der Waals surface area (Å²) in [4.78, 5) is 20.8. The lowest BCUT2D eigenvalue weighted by atomic mass is 10.0. The number of benzene rings is 1. The van der Waals surface area contributed by atoms with Crippen molar-refractivity contribution in [2.24, 2.45) is 0 Å². The molecule has 2 N–H and O–H groups in total. The van der Waals surface area contributed by atoms with E-state index in [4.69, 9.17) is 9.47 Å². The number of halogens is 5. The predicted octanol–water partition coefficient (Wildman–Crippen LogP) is 4.23. The number of carbonyl (C=O) groups excluding carboxylic acids is 1. The van der Waals surface area contributed by atoms with E-state index in [0.717, 1.165) is 12.4 Å². The van der Waals surface area contributed by atoms with Crippen LogP contribution in [0.25, 0.3) is 0 Å². The molecular formula is C22H23F5N4O3. The first-order valence-corrected chi connectivity index (χ1v) is 10.7. The molecule has 2 aliphatic rings. The normalized spacial score (nSPS) is 18.4. The Morgan fingerprint density at radius 3 is 2.44 bits per heavy atom. The van der Waals surface area contributed by atoms with Gasteiger partial charge in [0.05, 0.1) is 42.5 Å². The molecule has 1 aromatic carbocycles. The lowest BCUT2D eigenvalue weighted by Crippen LogP contribution is -2.43. The van der Waals surface area contributed by atoms with Gasteiger partial charge in [-0.15, -0.1) is 0 Å². The molecule has 12 heteroatoms. The molecule has 7 nitrogen and oxygen atoms in total. The van der Waals surface area contributed by atoms with Crippen LogP contribution in [0.4, 0.5) is 27.8 Å². The molecule has 1 saturated heterocycles. The van der Waals surface area contributed by atoms with Crippen molar-refractivity contribution >= 4 is 11.7 Å². The third-order valence-electron chi connectivity index (χ3n) is 5.86. The van der Waals surface area contributed by atoms with E-state index in [1.54, 1.807) is 6.92 Å². The zero-order valence-electron chi connectivity index (χ0n) is 18.2. The molecule has 2 aromatic rings. The zero-order valence-corrected chi connectivity index (χ0v) is 18.2. The number of aromatic nitrogens is 2. The number of alkyl halides is 4. The van der Waals surface area contributed by atoms with Crippen molar-refractivity contribution < 1.29 is 36.2 Å². The molecule has 1 amide bonds. The molecule has 0 unspecified atom stereocenters. The highest BCUT2D eigenvalue weighted by atomic mass is 19.3. The number of hydrogen-bond acceptors (Lipinski definition) is 6. The highest BCUT2D eigenvalue weighted by molar-refractivity contribution is 5.80. The van der Waals surface area contributed by atoms with Gasteiger partial charge in [-0.25, -0.2) is 31.9 Å². The second-order valence-electron chi connectivity index (χ2n) is 8.26. The fourth-order valence-corrected chi connectivity index (χ4v) is 3.82. The molecule has 2 fully saturated rings. The van der Waals surface area contributed by atoms with Crippen molar-refractivity contribution in [3.63, 3.8) is 0 Å². The average Bonchev–Trinajstić information content (AvgIpc) is 3.36. The van der Waals surface area contributed by atoms with Gasteiger partial charge in [0.2, 0.25) is 5.91 Å². The first kappa shape index (κ1) is 24.3. The Balaban J connectivity index is 1.60. The molecule has 2 heterocycles. The standard InChI is InChI=1S/C22H23F5N4O3/c1-11(12-3-2-4-13(17(12)23)18(24)25)30-19-16(20-33-7-8-34-20)14(28-10-29-19)9-15(32)31-22(5-6-22)21(26)27/h2-4,10-11,18,20-21H,5-9H2,1H3,(H,31,32)(H,28,29,30)/t11-/m1/s1. The number of nitrogens with one attached hydrogen (secondary N) is 2. The minimum Gasteiger partial charge on any atom is -0.363 e. The van der Waals surface area contributed by atoms with E-state index in [2.05, 4.69) is 20.6 Å². The van der Waals surface area contributed by atoms with Gasteiger partial charge in [0, 0.05) is 5.56 Å². The lowest BCUT2D eigenvalue weighted by Gasteiger charge is -2.22. The summed E-state index contributed by atoms with van der Waals surface area (Å²) in [6.07, 6.45) is -5.41. The highest BCUT2D eigenvalue weighted by Crippen LogP contribution is 2.41. The van der Waals surface area contributed by atoms with E-state index in [-0.39, 0.29) is 55.1 Å². The van der Waals surface area contributed by atoms with Crippen molar-refractivity contribution in [3.05, 3.63) is 52.7 Å². The van der Waals surface area contributed by atoms with Gasteiger partial charge < -0.3 is 20.1 Å². The number of nitrogens with zero attached hydrogens (tertiary/aromatic N) is 2. The maximum atomic E-state index is 14.6. The molecule has 0 radical (unpaired) electrons. The van der Waals surface area contributed by atoms with E-state index in [1.165, 1.54) is 12.1 Å². The van der Waals surface area contributed by atoms with E-state index in [1.807, 2.05) is 0 Å². The maximum absolute atomic E-state index is 14.6. The first-order valence-electron chi connectivity index (χ1n) is 10.7. The Bertz CT molecular complexity index is 1050. The molecule has 1 atom stereocenters. The van der Waals surface area contributed by atoms with E-state index >= 15 is 0 Å². The summed E-state index contributed by atoms with van der Waals surface area (Å²) in [5, 5.41) is 5.33. The summed E-state index contributed by atoms with van der Waals surface area (Å²) in [5.41, 5.74) is -1.80. The zero-order chi connectivity index (χ0) is 24.5. The number of carbonyl (C=O) groups is 1. The highest BCUT2D eigenvalue weighted by Gasteiger charge is 2.52. The van der Waals surface area contributed by atoms with Crippen molar-refractivity contribution in [1.29, 1.82) is 0 Å². The number of anilines is 1. The largest absolute Gasteiger partial charge is 0.363 e. The van der Waals surface area contributed by atoms with E-state index in [0.29, 0.717) is 0 Å². The Morgan fingerprint density at radius 2 is 1.82 bits per heavy atom. The molecule has 4 rings (SSSR count). The fraction of sp³-hybridized carbons (Fsp3) is 0.500. The second-order valence-corrected chi connectivity index (χ2v) is 8.26. The molecule has 1 aliphatic heterocycles. The molecule has 184 valence electrons. The minimum absolute atomic E-state index is 0.0116. The van der Waals surface area contributed by atoms with Crippen molar-refractivity contribution in [2.45, 2.75) is 56.9 Å². The average molecular weight is 486 g/mol. The Labute approximate surface area is 192 Å². The van der Waals surface area contributed by atoms with E-state index < -0.39 is 48.0 Å². The molecule has 0 spiro atoms. The van der Waals surface area contributed by atoms with Crippen LogP contribution < -0.4 is 10.6 Å². The predicted molar refractivity (Wildman–Crippen MR) is 110 cm³/mol. The van der Waals surface area contributed by atoms with Crippen molar-refractivity contribution in [3.8, 4) is 0 Å². The van der Waals surface area contributed by atoms with Crippen LogP contribution in [0, 0.1) is 5.82 Å². The lowest BCUT2D eigenvalue weighted by molar-refractivity contribution is -0.122. The monoisotopic (exact) mass is 486 g/mol. The van der Waals surface area contributed by atoms with Crippen LogP contribution >= 0.6 is 0 Å². The summed E-state index contributed by atoms with van der Waals surface area (Å²) in [6, 6.07) is 2.91. The quantitative estimate of drug-likeness (QED) is 0.516. The SMILES string of the molecule is C[C@@H](Nc1ncnc(CC(=O)NC2(C(F)F)CC2)c1C1OCCO1)c1cccc(C(F)F)c1F. The molecule has 1 aromatic heterocycles. The van der Waals surface area contributed by atoms with Crippen LogP contribution in [0.5, 0.6) is 0 Å². The van der Waals surface area contributed by atoms with Gasteiger partial charge in [0.15, 0.2) is 6.29 Å². The van der Waals surface area contributed by atoms with Gasteiger partial charge in [-0.1, -0.05) is 18.2 Å². The third-order valence-corrected chi connectivity index (χ3v) is 5.86. The van der Waals surface area contributed by atoms with Crippen LogP contribution in [-0.4, -0.2) is 41.1 Å². The summed E-state index contributed by atoms with van der Waals surface area (Å²) in [6.45, 7) is 2.08. The summed E-state index contributed by atoms with van der Waals surface area (Å²) in [7, 11) is 0. The van der Waals surface area contributed by atoms with Gasteiger partial charge in [0.25, 0.3) is 12.9 Å². The first-order chi connectivity index (χ1) is 16.2. The van der Waals surface area contributed by atoms with Crippen molar-refractivity contribution in [2.75, 3.05) is 18.5 Å². The summed E-state index contributed by atoms with van der Waals surface area (Å²) >= 11 is 0. The smallest absolute Gasteiger partial charge is 0.266 e. The van der Waals surface area contributed by atoms with Crippen LogP contribution in [0.3, 0.4) is 0 Å². The summed E-state index contributed by atoms with van der Waals surface area (Å²) < 4.78 is 78.4. The number of amides is 1. The van der Waals surface area contributed by atoms with Crippen molar-refractivity contribution in [1.82, 2.24) is 15.3 Å². The van der Waals surface area contributed by atoms with E-state index in [9.17, 15) is 26.7 Å². The summed E-state index contributed by atoms with van der Waals surface area (Å²) in [5.74, 6) is -1.54. The van der Waals surface area contributed by atoms with Gasteiger partial charge in [0.1, 0.15) is 23.5 Å². The number of rotatable bonds is 9. The van der Waals surface area contributed by atoms with Gasteiger partial charge in [-0.05, 0) is 19.8 Å². The van der Waals surface area contributed by atoms with Crippen LogP contribution in [0.1, 0.15) is 60.9 Å².